The lowest BCUT2D eigenvalue weighted by atomic mass is 10.1. The predicted molar refractivity (Wildman–Crippen MR) is 52.3 cm³/mol. The maximum Gasteiger partial charge on any atom is 0.320 e. The van der Waals surface area contributed by atoms with Crippen LogP contribution in [0.3, 0.4) is 0 Å². The van der Waals surface area contributed by atoms with E-state index < -0.39 is 12.1 Å². The Bertz CT molecular complexity index is 239. The van der Waals surface area contributed by atoms with E-state index in [-0.39, 0.29) is 0 Å². The van der Waals surface area contributed by atoms with Crippen molar-refractivity contribution in [3.05, 3.63) is 12.2 Å². The number of amides is 4. The van der Waals surface area contributed by atoms with Crippen LogP contribution in [-0.4, -0.2) is 12.1 Å². The number of imide groups is 1. The summed E-state index contributed by atoms with van der Waals surface area (Å²) in [4.78, 5) is 19.2. The van der Waals surface area contributed by atoms with Gasteiger partial charge >= 0.3 is 12.1 Å². The molecule has 4 amide bonds. The molecular weight excluding hydrogens is 182 g/mol. The third-order valence-electron chi connectivity index (χ3n) is 2.42. The first-order valence-electron chi connectivity index (χ1n) is 4.62. The van der Waals surface area contributed by atoms with E-state index in [2.05, 4.69) is 23.6 Å². The smallest absolute Gasteiger partial charge is 0.320 e. The van der Waals surface area contributed by atoms with Crippen LogP contribution < -0.4 is 16.8 Å². The van der Waals surface area contributed by atoms with Gasteiger partial charge in [0.15, 0.2) is 0 Å². The second-order valence-corrected chi connectivity index (χ2v) is 3.57. The van der Waals surface area contributed by atoms with E-state index >= 15 is 0 Å². The third kappa shape index (κ3) is 3.47. The molecule has 0 aromatic rings. The highest BCUT2D eigenvalue weighted by Crippen LogP contribution is 2.38. The number of allylic oxidation sites excluding steroid dienone is 2. The Hall–Kier alpha value is -1.52. The Balaban J connectivity index is 0.000000140. The van der Waals surface area contributed by atoms with Gasteiger partial charge in [0, 0.05) is 0 Å². The van der Waals surface area contributed by atoms with Gasteiger partial charge in [0.1, 0.15) is 0 Å². The van der Waals surface area contributed by atoms with Crippen molar-refractivity contribution in [2.45, 2.75) is 19.3 Å². The maximum atomic E-state index is 9.62. The number of urea groups is 2. The summed E-state index contributed by atoms with van der Waals surface area (Å²) >= 11 is 0. The summed E-state index contributed by atoms with van der Waals surface area (Å²) in [6.07, 6.45) is 9.19. The number of primary amides is 2. The Labute approximate surface area is 82.5 Å². The molecule has 0 radical (unpaired) electrons. The van der Waals surface area contributed by atoms with E-state index in [9.17, 15) is 9.59 Å². The van der Waals surface area contributed by atoms with Crippen LogP contribution in [0.2, 0.25) is 0 Å². The minimum Gasteiger partial charge on any atom is -0.351 e. The van der Waals surface area contributed by atoms with E-state index in [1.165, 1.54) is 19.3 Å². The average Bonchev–Trinajstić information content (AvgIpc) is 2.63. The molecule has 0 aliphatic heterocycles. The summed E-state index contributed by atoms with van der Waals surface area (Å²) in [6.45, 7) is 0. The summed E-state index contributed by atoms with van der Waals surface area (Å²) in [6, 6.07) is -1.88. The normalized spacial score (nSPS) is 26.6. The summed E-state index contributed by atoms with van der Waals surface area (Å²) < 4.78 is 0. The van der Waals surface area contributed by atoms with Crippen LogP contribution in [0.25, 0.3) is 0 Å². The Morgan fingerprint density at radius 3 is 1.57 bits per heavy atom. The van der Waals surface area contributed by atoms with Crippen molar-refractivity contribution in [2.24, 2.45) is 23.3 Å². The summed E-state index contributed by atoms with van der Waals surface area (Å²) in [5.41, 5.74) is 8.88. The molecule has 14 heavy (non-hydrogen) atoms. The molecule has 0 saturated heterocycles. The fourth-order valence-electron chi connectivity index (χ4n) is 1.84. The predicted octanol–water partition coefficient (Wildman–Crippen LogP) is 0.706. The number of rotatable bonds is 0. The lowest BCUT2D eigenvalue weighted by molar-refractivity contribution is 0.236. The van der Waals surface area contributed by atoms with Crippen LogP contribution in [0.4, 0.5) is 9.59 Å². The molecule has 5 N–H and O–H groups in total. The summed E-state index contributed by atoms with van der Waals surface area (Å²) in [7, 11) is 0. The Kier molecular flexibility index (Phi) is 3.50. The van der Waals surface area contributed by atoms with Crippen molar-refractivity contribution in [1.82, 2.24) is 5.32 Å². The standard InChI is InChI=1S/C7H10.C2H5N3O2/c1-2-7-4-3-6(1)5-7;3-1(6)5-2(4)7/h1-2,6-7H,3-5H2;(H5,3,4,5,6,7). The molecule has 1 fully saturated rings. The van der Waals surface area contributed by atoms with Crippen molar-refractivity contribution in [3.63, 3.8) is 0 Å². The zero-order valence-electron chi connectivity index (χ0n) is 7.90. The van der Waals surface area contributed by atoms with Gasteiger partial charge in [-0.25, -0.2) is 9.59 Å². The monoisotopic (exact) mass is 197 g/mol. The molecule has 0 spiro atoms. The first-order chi connectivity index (χ1) is 6.58. The average molecular weight is 197 g/mol. The summed E-state index contributed by atoms with van der Waals surface area (Å²) in [5, 5.41) is 1.58. The zero-order valence-corrected chi connectivity index (χ0v) is 7.90. The van der Waals surface area contributed by atoms with E-state index in [0.717, 1.165) is 11.8 Å². The fraction of sp³-hybridized carbons (Fsp3) is 0.556. The lowest BCUT2D eigenvalue weighted by Gasteiger charge is -1.96. The SMILES string of the molecule is C1=CC2CCC1C2.NC(=O)NC(N)=O. The van der Waals surface area contributed by atoms with E-state index in [1.54, 1.807) is 5.32 Å². The molecule has 2 bridgehead atoms. The van der Waals surface area contributed by atoms with Gasteiger partial charge in [-0.1, -0.05) is 12.2 Å². The van der Waals surface area contributed by atoms with Crippen LogP contribution in [-0.2, 0) is 0 Å². The maximum absolute atomic E-state index is 9.62. The van der Waals surface area contributed by atoms with E-state index in [4.69, 9.17) is 0 Å². The molecule has 2 aliphatic rings. The zero-order chi connectivity index (χ0) is 10.6. The largest absolute Gasteiger partial charge is 0.351 e. The quantitative estimate of drug-likeness (QED) is 0.498. The van der Waals surface area contributed by atoms with Crippen molar-refractivity contribution >= 4 is 12.1 Å². The van der Waals surface area contributed by atoms with Gasteiger partial charge in [0.25, 0.3) is 0 Å². The van der Waals surface area contributed by atoms with Gasteiger partial charge in [0.2, 0.25) is 0 Å². The molecule has 0 heterocycles. The van der Waals surface area contributed by atoms with Crippen molar-refractivity contribution in [3.8, 4) is 0 Å². The molecular formula is C9H15N3O2. The number of carbonyl (C=O) groups excluding carboxylic acids is 2. The van der Waals surface area contributed by atoms with E-state index in [1.807, 2.05) is 0 Å². The van der Waals surface area contributed by atoms with Crippen LogP contribution in [0.1, 0.15) is 19.3 Å². The van der Waals surface area contributed by atoms with Crippen LogP contribution in [0.5, 0.6) is 0 Å². The topological polar surface area (TPSA) is 98.2 Å². The Morgan fingerprint density at radius 2 is 1.50 bits per heavy atom. The van der Waals surface area contributed by atoms with Crippen LogP contribution in [0.15, 0.2) is 12.2 Å². The van der Waals surface area contributed by atoms with Crippen molar-refractivity contribution < 1.29 is 9.59 Å². The number of nitrogens with one attached hydrogen (secondary N) is 1. The highest BCUT2D eigenvalue weighted by molar-refractivity contribution is 5.91. The second kappa shape index (κ2) is 4.64. The minimum atomic E-state index is -0.938. The molecule has 2 atom stereocenters. The van der Waals surface area contributed by atoms with Crippen LogP contribution in [0, 0.1) is 11.8 Å². The summed E-state index contributed by atoms with van der Waals surface area (Å²) in [5.74, 6) is 1.98. The van der Waals surface area contributed by atoms with Crippen LogP contribution >= 0.6 is 0 Å². The number of nitrogens with two attached hydrogens (primary N) is 2. The highest BCUT2D eigenvalue weighted by atomic mass is 16.2. The lowest BCUT2D eigenvalue weighted by Crippen LogP contribution is -2.38. The van der Waals surface area contributed by atoms with Gasteiger partial charge in [-0.15, -0.1) is 0 Å². The second-order valence-electron chi connectivity index (χ2n) is 3.57. The third-order valence-corrected chi connectivity index (χ3v) is 2.42. The van der Waals surface area contributed by atoms with E-state index in [0.29, 0.717) is 0 Å². The van der Waals surface area contributed by atoms with Gasteiger partial charge in [-0.2, -0.15) is 0 Å². The first-order valence-corrected chi connectivity index (χ1v) is 4.62. The first kappa shape index (κ1) is 10.6. The molecule has 0 aromatic heterocycles. The van der Waals surface area contributed by atoms with Gasteiger partial charge < -0.3 is 11.5 Å². The molecule has 0 aromatic carbocycles. The van der Waals surface area contributed by atoms with Gasteiger partial charge in [-0.05, 0) is 31.1 Å². The molecule has 2 rings (SSSR count). The fourth-order valence-corrected chi connectivity index (χ4v) is 1.84. The number of hydrogen-bond donors (Lipinski definition) is 3. The van der Waals surface area contributed by atoms with Gasteiger partial charge in [-0.3, -0.25) is 5.32 Å². The molecule has 5 nitrogen and oxygen atoms in total. The Morgan fingerprint density at radius 1 is 1.07 bits per heavy atom. The number of fused-ring (bicyclic) bond motifs is 2. The molecule has 78 valence electrons. The molecule has 2 aliphatic carbocycles. The minimum absolute atomic E-state index is 0.937. The highest BCUT2D eigenvalue weighted by Gasteiger charge is 2.25. The molecule has 5 heteroatoms. The molecule has 2 unspecified atom stereocenters. The molecule has 1 saturated carbocycles. The van der Waals surface area contributed by atoms with Crippen molar-refractivity contribution in [2.75, 3.05) is 0 Å². The number of hydrogen-bond acceptors (Lipinski definition) is 2. The number of carbonyl (C=O) groups is 2. The van der Waals surface area contributed by atoms with Gasteiger partial charge in [0.05, 0.1) is 0 Å². The van der Waals surface area contributed by atoms with Crippen molar-refractivity contribution in [1.29, 1.82) is 0 Å².